The third kappa shape index (κ3) is 14.1. The third-order valence-corrected chi connectivity index (χ3v) is 1.42. The van der Waals surface area contributed by atoms with Crippen molar-refractivity contribution in [2.45, 2.75) is 48.5 Å². The highest BCUT2D eigenvalue weighted by Crippen LogP contribution is 2.06. The van der Waals surface area contributed by atoms with Crippen molar-refractivity contribution in [1.82, 2.24) is 0 Å². The molecule has 13 heavy (non-hydrogen) atoms. The van der Waals surface area contributed by atoms with Gasteiger partial charge in [-0.3, -0.25) is 0 Å². The van der Waals surface area contributed by atoms with Crippen LogP contribution in [0.25, 0.3) is 0 Å². The number of hydrogen-bond acceptors (Lipinski definition) is 0. The normalized spacial score (nSPS) is 10.4. The molecule has 0 amide bonds. The molecule has 0 saturated heterocycles. The van der Waals surface area contributed by atoms with Gasteiger partial charge in [0, 0.05) is 0 Å². The van der Waals surface area contributed by atoms with Gasteiger partial charge in [-0.2, -0.15) is 0 Å². The minimum Gasteiger partial charge on any atom is -0.0991 e. The standard InChI is InChI=1S/C9H14.2C2H6/c1-5-7-9(4)8(3)6-2;2*1-2/h5-7H,1H2,2-4H3;2*1-2H3/b8-6-,9-7-;;. The summed E-state index contributed by atoms with van der Waals surface area (Å²) in [5.74, 6) is 0. The summed E-state index contributed by atoms with van der Waals surface area (Å²) in [6.07, 6.45) is 5.91. The van der Waals surface area contributed by atoms with Crippen LogP contribution >= 0.6 is 0 Å². The first-order chi connectivity index (χ1) is 6.22. The lowest BCUT2D eigenvalue weighted by Crippen LogP contribution is -1.75. The topological polar surface area (TPSA) is 0 Å². The van der Waals surface area contributed by atoms with E-state index in [0.29, 0.717) is 0 Å². The van der Waals surface area contributed by atoms with Crippen LogP contribution in [0.15, 0.2) is 36.0 Å². The summed E-state index contributed by atoms with van der Waals surface area (Å²) in [6, 6.07) is 0. The number of hydrogen-bond donors (Lipinski definition) is 0. The molecular formula is C13H26. The van der Waals surface area contributed by atoms with Gasteiger partial charge < -0.3 is 0 Å². The number of rotatable bonds is 2. The molecule has 0 heteroatoms. The van der Waals surface area contributed by atoms with Crippen LogP contribution in [0.4, 0.5) is 0 Å². The fraction of sp³-hybridized carbons (Fsp3) is 0.538. The summed E-state index contributed by atoms with van der Waals surface area (Å²) in [5, 5.41) is 0. The van der Waals surface area contributed by atoms with E-state index in [1.54, 1.807) is 0 Å². The van der Waals surface area contributed by atoms with Crippen LogP contribution in [0, 0.1) is 0 Å². The van der Waals surface area contributed by atoms with Crippen molar-refractivity contribution in [1.29, 1.82) is 0 Å². The van der Waals surface area contributed by atoms with Crippen molar-refractivity contribution >= 4 is 0 Å². The second-order valence-electron chi connectivity index (χ2n) is 2.06. The summed E-state index contributed by atoms with van der Waals surface area (Å²) >= 11 is 0. The first kappa shape index (κ1) is 18.1. The van der Waals surface area contributed by atoms with E-state index in [2.05, 4.69) is 26.5 Å². The monoisotopic (exact) mass is 182 g/mol. The fourth-order valence-electron chi connectivity index (χ4n) is 0.536. The van der Waals surface area contributed by atoms with Gasteiger partial charge in [-0.25, -0.2) is 0 Å². The molecule has 0 nitrogen and oxygen atoms in total. The molecule has 0 N–H and O–H groups in total. The molecular weight excluding hydrogens is 156 g/mol. The van der Waals surface area contributed by atoms with Gasteiger partial charge in [0.2, 0.25) is 0 Å². The average molecular weight is 182 g/mol. The van der Waals surface area contributed by atoms with Gasteiger partial charge in [-0.15, -0.1) is 0 Å². The zero-order valence-corrected chi connectivity index (χ0v) is 10.4. The van der Waals surface area contributed by atoms with Crippen LogP contribution in [0.2, 0.25) is 0 Å². The average Bonchev–Trinajstić information content (AvgIpc) is 2.23. The summed E-state index contributed by atoms with van der Waals surface area (Å²) in [6.45, 7) is 17.8. The van der Waals surface area contributed by atoms with Crippen LogP contribution in [0.3, 0.4) is 0 Å². The molecule has 0 fully saturated rings. The maximum Gasteiger partial charge on any atom is -0.0395 e. The fourth-order valence-corrected chi connectivity index (χ4v) is 0.536. The molecule has 0 aromatic heterocycles. The molecule has 0 heterocycles. The van der Waals surface area contributed by atoms with Crippen LogP contribution in [-0.4, -0.2) is 0 Å². The van der Waals surface area contributed by atoms with Crippen LogP contribution in [0.5, 0.6) is 0 Å². The molecule has 0 radical (unpaired) electrons. The lowest BCUT2D eigenvalue weighted by atomic mass is 10.1. The highest BCUT2D eigenvalue weighted by atomic mass is 13.9. The molecule has 0 aromatic carbocycles. The Hall–Kier alpha value is -0.780. The van der Waals surface area contributed by atoms with Gasteiger partial charge in [0.15, 0.2) is 0 Å². The summed E-state index contributed by atoms with van der Waals surface area (Å²) in [5.41, 5.74) is 2.60. The Kier molecular flexibility index (Phi) is 24.1. The van der Waals surface area contributed by atoms with Crippen molar-refractivity contribution in [3.8, 4) is 0 Å². The van der Waals surface area contributed by atoms with Gasteiger partial charge in [-0.05, 0) is 26.3 Å². The highest BCUT2D eigenvalue weighted by molar-refractivity contribution is 5.28. The van der Waals surface area contributed by atoms with Crippen molar-refractivity contribution < 1.29 is 0 Å². The summed E-state index contributed by atoms with van der Waals surface area (Å²) in [7, 11) is 0. The molecule has 0 aliphatic heterocycles. The lowest BCUT2D eigenvalue weighted by Gasteiger charge is -1.95. The van der Waals surface area contributed by atoms with E-state index in [4.69, 9.17) is 0 Å². The van der Waals surface area contributed by atoms with Crippen LogP contribution in [0.1, 0.15) is 48.5 Å². The van der Waals surface area contributed by atoms with Crippen molar-refractivity contribution in [3.05, 3.63) is 36.0 Å². The van der Waals surface area contributed by atoms with E-state index in [1.165, 1.54) is 11.1 Å². The Morgan fingerprint density at radius 2 is 1.31 bits per heavy atom. The maximum atomic E-state index is 3.61. The zero-order valence-electron chi connectivity index (χ0n) is 10.4. The Morgan fingerprint density at radius 3 is 1.54 bits per heavy atom. The van der Waals surface area contributed by atoms with E-state index in [9.17, 15) is 0 Å². The Balaban J connectivity index is -0.000000218. The molecule has 0 unspecified atom stereocenters. The predicted octanol–water partition coefficient (Wildman–Crippen LogP) is 5.14. The largest absolute Gasteiger partial charge is 0.0991 e. The van der Waals surface area contributed by atoms with Gasteiger partial charge in [0.25, 0.3) is 0 Å². The van der Waals surface area contributed by atoms with E-state index < -0.39 is 0 Å². The van der Waals surface area contributed by atoms with Crippen LogP contribution in [-0.2, 0) is 0 Å². The predicted molar refractivity (Wildman–Crippen MR) is 66.1 cm³/mol. The van der Waals surface area contributed by atoms with Gasteiger partial charge in [0.1, 0.15) is 0 Å². The first-order valence-electron chi connectivity index (χ1n) is 5.15. The van der Waals surface area contributed by atoms with Crippen molar-refractivity contribution in [2.75, 3.05) is 0 Å². The highest BCUT2D eigenvalue weighted by Gasteiger charge is 1.85. The van der Waals surface area contributed by atoms with E-state index in [1.807, 2.05) is 46.8 Å². The van der Waals surface area contributed by atoms with Gasteiger partial charge in [0.05, 0.1) is 0 Å². The summed E-state index contributed by atoms with van der Waals surface area (Å²) < 4.78 is 0. The molecule has 0 aliphatic rings. The molecule has 0 aromatic rings. The van der Waals surface area contributed by atoms with Crippen molar-refractivity contribution in [2.24, 2.45) is 0 Å². The molecule has 0 rings (SSSR count). The summed E-state index contributed by atoms with van der Waals surface area (Å²) in [4.78, 5) is 0. The smallest absolute Gasteiger partial charge is 0.0395 e. The molecule has 0 aliphatic carbocycles. The second kappa shape index (κ2) is 17.3. The minimum absolute atomic E-state index is 1.28. The molecule has 0 spiro atoms. The quantitative estimate of drug-likeness (QED) is 0.519. The number of allylic oxidation sites excluding steroid dienone is 5. The van der Waals surface area contributed by atoms with E-state index in [0.717, 1.165) is 0 Å². The Labute approximate surface area is 85.1 Å². The van der Waals surface area contributed by atoms with Gasteiger partial charge in [-0.1, -0.05) is 58.1 Å². The second-order valence-corrected chi connectivity index (χ2v) is 2.06. The first-order valence-corrected chi connectivity index (χ1v) is 5.15. The molecule has 0 saturated carbocycles. The Morgan fingerprint density at radius 1 is 0.923 bits per heavy atom. The lowest BCUT2D eigenvalue weighted by molar-refractivity contribution is 1.33. The molecule has 0 bridgehead atoms. The Bertz CT molecular complexity index is 147. The van der Waals surface area contributed by atoms with E-state index in [-0.39, 0.29) is 0 Å². The van der Waals surface area contributed by atoms with Gasteiger partial charge >= 0.3 is 0 Å². The van der Waals surface area contributed by atoms with Crippen molar-refractivity contribution in [3.63, 3.8) is 0 Å². The maximum absolute atomic E-state index is 3.61. The molecule has 0 atom stereocenters. The zero-order chi connectivity index (χ0) is 11.3. The molecule has 78 valence electrons. The minimum atomic E-state index is 1.28. The SMILES string of the molecule is C=C/C=C(C)\C(C)=C/C.CC.CC. The van der Waals surface area contributed by atoms with Crippen LogP contribution < -0.4 is 0 Å². The van der Waals surface area contributed by atoms with E-state index >= 15 is 0 Å². The third-order valence-electron chi connectivity index (χ3n) is 1.42.